The number of ether oxygens (including phenoxy) is 1. The predicted molar refractivity (Wildman–Crippen MR) is 96.0 cm³/mol. The van der Waals surface area contributed by atoms with Gasteiger partial charge in [0.1, 0.15) is 6.10 Å². The van der Waals surface area contributed by atoms with E-state index in [0.717, 1.165) is 19.3 Å². The molecule has 22 heavy (non-hydrogen) atoms. The highest BCUT2D eigenvalue weighted by Gasteiger charge is 2.07. The van der Waals surface area contributed by atoms with Gasteiger partial charge in [0.15, 0.2) is 0 Å². The van der Waals surface area contributed by atoms with E-state index >= 15 is 0 Å². The summed E-state index contributed by atoms with van der Waals surface area (Å²) in [4.78, 5) is 11.1. The minimum atomic E-state index is -0.180. The van der Waals surface area contributed by atoms with Crippen LogP contribution >= 0.6 is 0 Å². The molecule has 0 radical (unpaired) electrons. The van der Waals surface area contributed by atoms with Crippen LogP contribution in [-0.4, -0.2) is 12.1 Å². The molecule has 0 bridgehead atoms. The highest BCUT2D eigenvalue weighted by atomic mass is 16.5. The zero-order valence-electron chi connectivity index (χ0n) is 15.0. The van der Waals surface area contributed by atoms with Gasteiger partial charge >= 0.3 is 5.97 Å². The molecule has 0 amide bonds. The normalized spacial score (nSPS) is 13.0. The summed E-state index contributed by atoms with van der Waals surface area (Å²) in [6, 6.07) is 0. The van der Waals surface area contributed by atoms with Gasteiger partial charge in [-0.2, -0.15) is 0 Å². The summed E-state index contributed by atoms with van der Waals surface area (Å²) in [7, 11) is 0. The minimum absolute atomic E-state index is 0.0288. The number of hydrogen-bond donors (Lipinski definition) is 0. The highest BCUT2D eigenvalue weighted by molar-refractivity contribution is 5.66. The lowest BCUT2D eigenvalue weighted by Crippen LogP contribution is -2.13. The van der Waals surface area contributed by atoms with E-state index in [-0.39, 0.29) is 12.1 Å². The molecule has 0 aromatic rings. The van der Waals surface area contributed by atoms with Crippen molar-refractivity contribution in [2.24, 2.45) is 0 Å². The molecule has 0 N–H and O–H groups in total. The fourth-order valence-corrected chi connectivity index (χ4v) is 2.39. The quantitative estimate of drug-likeness (QED) is 0.212. The van der Waals surface area contributed by atoms with Gasteiger partial charge in [0.05, 0.1) is 0 Å². The van der Waals surface area contributed by atoms with Gasteiger partial charge in [-0.15, -0.1) is 0 Å². The van der Waals surface area contributed by atoms with Crippen LogP contribution in [0.3, 0.4) is 0 Å². The monoisotopic (exact) mass is 308 g/mol. The molecule has 0 heterocycles. The third-order valence-electron chi connectivity index (χ3n) is 3.65. The van der Waals surface area contributed by atoms with E-state index in [2.05, 4.69) is 32.1 Å². The second kappa shape index (κ2) is 16.3. The van der Waals surface area contributed by atoms with E-state index in [4.69, 9.17) is 4.74 Å². The maximum Gasteiger partial charge on any atom is 0.303 e. The summed E-state index contributed by atoms with van der Waals surface area (Å²) < 4.78 is 5.31. The van der Waals surface area contributed by atoms with Gasteiger partial charge in [-0.05, 0) is 44.6 Å². The Hall–Kier alpha value is -1.05. The van der Waals surface area contributed by atoms with E-state index in [1.165, 1.54) is 58.3 Å². The molecule has 2 heteroatoms. The Morgan fingerprint density at radius 1 is 0.909 bits per heavy atom. The molecule has 2 nitrogen and oxygen atoms in total. The summed E-state index contributed by atoms with van der Waals surface area (Å²) >= 11 is 0. The Bertz CT molecular complexity index is 305. The maximum absolute atomic E-state index is 11.1. The molecule has 0 fully saturated rings. The number of esters is 1. The number of rotatable bonds is 14. The van der Waals surface area contributed by atoms with Gasteiger partial charge in [0.2, 0.25) is 0 Å². The van der Waals surface area contributed by atoms with Gasteiger partial charge in [0.25, 0.3) is 0 Å². The zero-order valence-corrected chi connectivity index (χ0v) is 15.0. The van der Waals surface area contributed by atoms with Gasteiger partial charge in [-0.25, -0.2) is 0 Å². The first-order valence-electron chi connectivity index (χ1n) is 9.19. The van der Waals surface area contributed by atoms with Crippen LogP contribution in [0.4, 0.5) is 0 Å². The number of carbonyl (C=O) groups excluding carboxylic acids is 1. The van der Waals surface area contributed by atoms with Crippen LogP contribution in [-0.2, 0) is 9.53 Å². The zero-order chi connectivity index (χ0) is 16.5. The van der Waals surface area contributed by atoms with Crippen molar-refractivity contribution < 1.29 is 9.53 Å². The second-order valence-corrected chi connectivity index (χ2v) is 5.94. The lowest BCUT2D eigenvalue weighted by Gasteiger charge is -2.12. The van der Waals surface area contributed by atoms with Crippen LogP contribution < -0.4 is 0 Å². The first-order valence-corrected chi connectivity index (χ1v) is 9.19. The summed E-state index contributed by atoms with van der Waals surface area (Å²) in [5, 5.41) is 0. The van der Waals surface area contributed by atoms with E-state index in [0.29, 0.717) is 0 Å². The van der Waals surface area contributed by atoms with Gasteiger partial charge < -0.3 is 4.74 Å². The van der Waals surface area contributed by atoms with E-state index in [9.17, 15) is 4.79 Å². The third-order valence-corrected chi connectivity index (χ3v) is 3.65. The van der Waals surface area contributed by atoms with Gasteiger partial charge in [-0.3, -0.25) is 4.79 Å². The predicted octanol–water partition coefficient (Wildman–Crippen LogP) is 6.36. The molecule has 0 aromatic heterocycles. The van der Waals surface area contributed by atoms with Crippen molar-refractivity contribution in [2.45, 2.75) is 97.5 Å². The van der Waals surface area contributed by atoms with Crippen LogP contribution in [0.2, 0.25) is 0 Å². The molecule has 0 rings (SSSR count). The molecule has 0 saturated heterocycles. The van der Waals surface area contributed by atoms with E-state index in [1.54, 1.807) is 0 Å². The topological polar surface area (TPSA) is 26.3 Å². The molecule has 0 aliphatic carbocycles. The van der Waals surface area contributed by atoms with Gasteiger partial charge in [-0.1, -0.05) is 64.2 Å². The Morgan fingerprint density at radius 3 is 2.18 bits per heavy atom. The lowest BCUT2D eigenvalue weighted by atomic mass is 10.1. The fourth-order valence-electron chi connectivity index (χ4n) is 2.39. The first kappa shape index (κ1) is 20.9. The molecule has 0 spiro atoms. The Morgan fingerprint density at radius 2 is 1.55 bits per heavy atom. The largest absolute Gasteiger partial charge is 0.458 e. The summed E-state index contributed by atoms with van der Waals surface area (Å²) in [6.07, 6.45) is 22.0. The second-order valence-electron chi connectivity index (χ2n) is 5.94. The van der Waals surface area contributed by atoms with Crippen molar-refractivity contribution in [1.82, 2.24) is 0 Å². The summed E-state index contributed by atoms with van der Waals surface area (Å²) in [5.41, 5.74) is 0. The van der Waals surface area contributed by atoms with Crippen molar-refractivity contribution in [3.8, 4) is 0 Å². The molecular formula is C20H36O2. The Balaban J connectivity index is 3.54. The molecule has 0 saturated carbocycles. The number of allylic oxidation sites excluding steroid dienone is 3. The fraction of sp³-hybridized carbons (Fsp3) is 0.750. The summed E-state index contributed by atoms with van der Waals surface area (Å²) in [6.45, 7) is 5.82. The van der Waals surface area contributed by atoms with Crippen molar-refractivity contribution in [3.63, 3.8) is 0 Å². The van der Waals surface area contributed by atoms with Crippen LogP contribution in [0.1, 0.15) is 91.4 Å². The van der Waals surface area contributed by atoms with E-state index < -0.39 is 0 Å². The maximum atomic E-state index is 11.1. The Labute approximate surface area is 138 Å². The third kappa shape index (κ3) is 15.3. The minimum Gasteiger partial charge on any atom is -0.458 e. The van der Waals surface area contributed by atoms with Crippen LogP contribution in [0.5, 0.6) is 0 Å². The van der Waals surface area contributed by atoms with Crippen LogP contribution in [0.25, 0.3) is 0 Å². The molecule has 1 atom stereocenters. The van der Waals surface area contributed by atoms with Crippen LogP contribution in [0, 0.1) is 0 Å². The average Bonchev–Trinajstić information content (AvgIpc) is 2.49. The number of carbonyl (C=O) groups is 1. The standard InChI is InChI=1S/C20H36O2/c1-4-6-8-9-10-11-12-13-14-15-16-18-20(17-7-5-2)22-19(3)21/h7,9-10,17,20H,4-6,8,11-16,18H2,1-3H3. The average molecular weight is 309 g/mol. The van der Waals surface area contributed by atoms with Crippen molar-refractivity contribution >= 4 is 5.97 Å². The smallest absolute Gasteiger partial charge is 0.303 e. The van der Waals surface area contributed by atoms with Crippen molar-refractivity contribution in [2.75, 3.05) is 0 Å². The molecule has 0 aliphatic rings. The number of unbranched alkanes of at least 4 members (excludes halogenated alkanes) is 7. The molecule has 0 aromatic carbocycles. The SMILES string of the molecule is CCC=CC(CCCCCCCC=CCCCC)OC(C)=O. The molecular weight excluding hydrogens is 272 g/mol. The molecule has 0 aliphatic heterocycles. The van der Waals surface area contributed by atoms with Crippen molar-refractivity contribution in [3.05, 3.63) is 24.3 Å². The number of hydrogen-bond acceptors (Lipinski definition) is 2. The first-order chi connectivity index (χ1) is 10.7. The molecule has 1 unspecified atom stereocenters. The Kier molecular flexibility index (Phi) is 15.5. The van der Waals surface area contributed by atoms with E-state index in [1.807, 2.05) is 6.08 Å². The van der Waals surface area contributed by atoms with Crippen LogP contribution in [0.15, 0.2) is 24.3 Å². The molecule has 128 valence electrons. The summed E-state index contributed by atoms with van der Waals surface area (Å²) in [5.74, 6) is -0.180. The highest BCUT2D eigenvalue weighted by Crippen LogP contribution is 2.12. The van der Waals surface area contributed by atoms with Crippen molar-refractivity contribution in [1.29, 1.82) is 0 Å². The lowest BCUT2D eigenvalue weighted by molar-refractivity contribution is -0.144. The van der Waals surface area contributed by atoms with Gasteiger partial charge in [0, 0.05) is 6.92 Å².